The number of halogens is 2. The zero-order valence-electron chi connectivity index (χ0n) is 12.9. The van der Waals surface area contributed by atoms with Gasteiger partial charge < -0.3 is 10.6 Å². The Morgan fingerprint density at radius 2 is 1.90 bits per heavy atom. The number of hydrogen-bond donors (Lipinski definition) is 1. The molecule has 1 atom stereocenters. The van der Waals surface area contributed by atoms with E-state index in [2.05, 4.69) is 32.6 Å². The van der Waals surface area contributed by atoms with Gasteiger partial charge in [-0.2, -0.15) is 11.8 Å². The van der Waals surface area contributed by atoms with Gasteiger partial charge in [-0.25, -0.2) is 0 Å². The van der Waals surface area contributed by atoms with Crippen LogP contribution in [-0.4, -0.2) is 65.0 Å². The summed E-state index contributed by atoms with van der Waals surface area (Å²) in [5, 5.41) is 0. The van der Waals surface area contributed by atoms with Gasteiger partial charge in [-0.15, -0.1) is 24.8 Å². The minimum atomic E-state index is -0.348. The molecule has 2 N–H and O–H groups in total. The largest absolute Gasteiger partial charge is 0.338 e. The maximum Gasteiger partial charge on any atom is 0.240 e. The predicted molar refractivity (Wildman–Crippen MR) is 93.4 cm³/mol. The Bertz CT molecular complexity index is 293. The molecule has 0 radical (unpaired) electrons. The van der Waals surface area contributed by atoms with Gasteiger partial charge in [-0.1, -0.05) is 13.8 Å². The van der Waals surface area contributed by atoms with E-state index in [-0.39, 0.29) is 42.3 Å². The summed E-state index contributed by atoms with van der Waals surface area (Å²) in [5.74, 6) is 1.85. The molecule has 1 aliphatic rings. The van der Waals surface area contributed by atoms with Crippen molar-refractivity contribution in [3.8, 4) is 0 Å². The van der Waals surface area contributed by atoms with E-state index < -0.39 is 0 Å². The molecule has 0 bridgehead atoms. The van der Waals surface area contributed by atoms with Crippen LogP contribution in [0.4, 0.5) is 0 Å². The van der Waals surface area contributed by atoms with Crippen LogP contribution >= 0.6 is 36.6 Å². The fourth-order valence-corrected chi connectivity index (χ4v) is 3.15. The molecule has 0 spiro atoms. The molecule has 20 heavy (non-hydrogen) atoms. The molecule has 1 heterocycles. The lowest BCUT2D eigenvalue weighted by Gasteiger charge is -2.47. The monoisotopic (exact) mass is 345 g/mol. The fourth-order valence-electron chi connectivity index (χ4n) is 2.52. The number of nitrogens with two attached hydrogens (primary N) is 1. The standard InChI is InChI=1S/C13H27N3OS.2ClH/c1-5-16-8-7-15(10-13(16,3)4)12(17)11(14)9-18-6-2;;/h11H,5-10,14H2,1-4H3;2*1H/t11-;;/m0../s1. The van der Waals surface area contributed by atoms with E-state index in [0.717, 1.165) is 37.7 Å². The average Bonchev–Trinajstić information content (AvgIpc) is 2.33. The molecule has 1 fully saturated rings. The molecule has 0 aromatic rings. The van der Waals surface area contributed by atoms with E-state index in [4.69, 9.17) is 5.73 Å². The number of hydrogen-bond acceptors (Lipinski definition) is 4. The van der Waals surface area contributed by atoms with Gasteiger partial charge in [-0.05, 0) is 26.1 Å². The van der Waals surface area contributed by atoms with Gasteiger partial charge in [-0.3, -0.25) is 9.69 Å². The van der Waals surface area contributed by atoms with Crippen molar-refractivity contribution in [2.75, 3.05) is 37.7 Å². The van der Waals surface area contributed by atoms with Crippen LogP contribution in [0, 0.1) is 0 Å². The first-order valence-corrected chi connectivity index (χ1v) is 7.95. The zero-order chi connectivity index (χ0) is 13.8. The summed E-state index contributed by atoms with van der Waals surface area (Å²) in [6.07, 6.45) is 0. The molecule has 0 saturated carbocycles. The van der Waals surface area contributed by atoms with Crippen molar-refractivity contribution in [2.45, 2.75) is 39.3 Å². The van der Waals surface area contributed by atoms with E-state index in [1.807, 2.05) is 4.90 Å². The number of thioether (sulfide) groups is 1. The van der Waals surface area contributed by atoms with Gasteiger partial charge in [0.05, 0.1) is 6.04 Å². The summed E-state index contributed by atoms with van der Waals surface area (Å²) in [5.41, 5.74) is 6.02. The Hall–Kier alpha value is 0.320. The Kier molecular flexibility index (Phi) is 11.4. The summed E-state index contributed by atoms with van der Waals surface area (Å²) >= 11 is 1.73. The van der Waals surface area contributed by atoms with Crippen molar-refractivity contribution in [3.63, 3.8) is 0 Å². The van der Waals surface area contributed by atoms with Crippen LogP contribution in [0.1, 0.15) is 27.7 Å². The SMILES string of the molecule is CCSC[C@H](N)C(=O)N1CCN(CC)C(C)(C)C1.Cl.Cl. The summed E-state index contributed by atoms with van der Waals surface area (Å²) in [4.78, 5) is 16.6. The van der Waals surface area contributed by atoms with E-state index >= 15 is 0 Å². The molecule has 122 valence electrons. The van der Waals surface area contributed by atoms with E-state index in [1.54, 1.807) is 11.8 Å². The van der Waals surface area contributed by atoms with Crippen LogP contribution in [0.2, 0.25) is 0 Å². The van der Waals surface area contributed by atoms with Crippen LogP contribution in [-0.2, 0) is 4.79 Å². The summed E-state index contributed by atoms with van der Waals surface area (Å²) in [7, 11) is 0. The van der Waals surface area contributed by atoms with Crippen molar-refractivity contribution in [3.05, 3.63) is 0 Å². The maximum absolute atomic E-state index is 12.3. The third-order valence-electron chi connectivity index (χ3n) is 3.59. The Morgan fingerprint density at radius 1 is 1.30 bits per heavy atom. The lowest BCUT2D eigenvalue weighted by molar-refractivity contribution is -0.137. The molecule has 1 saturated heterocycles. The van der Waals surface area contributed by atoms with Crippen molar-refractivity contribution in [2.24, 2.45) is 5.73 Å². The molecule has 0 aromatic heterocycles. The second-order valence-electron chi connectivity index (χ2n) is 5.42. The van der Waals surface area contributed by atoms with Crippen LogP contribution in [0.5, 0.6) is 0 Å². The lowest BCUT2D eigenvalue weighted by atomic mass is 9.98. The van der Waals surface area contributed by atoms with Gasteiger partial charge in [0.2, 0.25) is 5.91 Å². The van der Waals surface area contributed by atoms with Gasteiger partial charge >= 0.3 is 0 Å². The molecule has 0 aromatic carbocycles. The van der Waals surface area contributed by atoms with Crippen molar-refractivity contribution in [1.29, 1.82) is 0 Å². The van der Waals surface area contributed by atoms with Crippen molar-refractivity contribution in [1.82, 2.24) is 9.80 Å². The van der Waals surface area contributed by atoms with Crippen LogP contribution in [0.3, 0.4) is 0 Å². The minimum Gasteiger partial charge on any atom is -0.338 e. The van der Waals surface area contributed by atoms with E-state index in [0.29, 0.717) is 0 Å². The number of carbonyl (C=O) groups is 1. The molecule has 0 unspecified atom stereocenters. The molecular weight excluding hydrogens is 317 g/mol. The molecule has 7 heteroatoms. The highest BCUT2D eigenvalue weighted by Crippen LogP contribution is 2.21. The number of carbonyl (C=O) groups excluding carboxylic acids is 1. The quantitative estimate of drug-likeness (QED) is 0.826. The van der Waals surface area contributed by atoms with E-state index in [9.17, 15) is 4.79 Å². The van der Waals surface area contributed by atoms with E-state index in [1.165, 1.54) is 0 Å². The molecule has 0 aliphatic carbocycles. The van der Waals surface area contributed by atoms with Gasteiger partial charge in [0.15, 0.2) is 0 Å². The third-order valence-corrected chi connectivity index (χ3v) is 4.59. The second kappa shape index (κ2) is 10.1. The number of piperazine rings is 1. The lowest BCUT2D eigenvalue weighted by Crippen LogP contribution is -2.62. The maximum atomic E-state index is 12.3. The first-order chi connectivity index (χ1) is 8.42. The van der Waals surface area contributed by atoms with Crippen LogP contribution < -0.4 is 5.73 Å². The normalized spacial score (nSPS) is 19.8. The molecule has 1 amide bonds. The van der Waals surface area contributed by atoms with Gasteiger partial charge in [0.25, 0.3) is 0 Å². The summed E-state index contributed by atoms with van der Waals surface area (Å²) in [6.45, 7) is 12.2. The Labute approximate surface area is 140 Å². The second-order valence-corrected chi connectivity index (χ2v) is 6.74. The molecular formula is C13H29Cl2N3OS. The zero-order valence-corrected chi connectivity index (χ0v) is 15.4. The smallest absolute Gasteiger partial charge is 0.240 e. The predicted octanol–water partition coefficient (Wildman–Crippen LogP) is 1.85. The molecule has 4 nitrogen and oxygen atoms in total. The average molecular weight is 346 g/mol. The van der Waals surface area contributed by atoms with Gasteiger partial charge in [0, 0.05) is 30.9 Å². The number of rotatable bonds is 5. The molecule has 1 aliphatic heterocycles. The summed E-state index contributed by atoms with van der Waals surface area (Å²) in [6, 6.07) is -0.348. The van der Waals surface area contributed by atoms with Crippen LogP contribution in [0.25, 0.3) is 0 Å². The first-order valence-electron chi connectivity index (χ1n) is 6.79. The third kappa shape index (κ3) is 5.98. The number of nitrogens with zero attached hydrogens (tertiary/aromatic N) is 2. The fraction of sp³-hybridized carbons (Fsp3) is 0.923. The number of amides is 1. The highest BCUT2D eigenvalue weighted by molar-refractivity contribution is 7.99. The van der Waals surface area contributed by atoms with Gasteiger partial charge in [0.1, 0.15) is 0 Å². The Balaban J connectivity index is 0. The van der Waals surface area contributed by atoms with Crippen molar-refractivity contribution < 1.29 is 4.79 Å². The Morgan fingerprint density at radius 3 is 2.35 bits per heavy atom. The minimum absolute atomic E-state index is 0. The molecule has 1 rings (SSSR count). The topological polar surface area (TPSA) is 49.6 Å². The highest BCUT2D eigenvalue weighted by atomic mass is 35.5. The highest BCUT2D eigenvalue weighted by Gasteiger charge is 2.35. The van der Waals surface area contributed by atoms with Crippen LogP contribution in [0.15, 0.2) is 0 Å². The first kappa shape index (κ1) is 22.6. The number of likely N-dealkylation sites (N-methyl/N-ethyl adjacent to an activating group) is 1. The summed E-state index contributed by atoms with van der Waals surface area (Å²) < 4.78 is 0. The van der Waals surface area contributed by atoms with Crippen molar-refractivity contribution >= 4 is 42.5 Å².